The lowest BCUT2D eigenvalue weighted by Gasteiger charge is -2.38. The zero-order chi connectivity index (χ0) is 11.2. The Morgan fingerprint density at radius 2 is 2.17 bits per heavy atom. The highest BCUT2D eigenvalue weighted by atomic mass is 35.5. The number of anilines is 1. The van der Waals surface area contributed by atoms with Gasteiger partial charge in [-0.1, -0.05) is 24.6 Å². The molecule has 2 aliphatic heterocycles. The van der Waals surface area contributed by atoms with Crippen molar-refractivity contribution in [3.8, 4) is 0 Å². The minimum absolute atomic E-state index is 0. The molecule has 2 atom stereocenters. The molecule has 2 heterocycles. The molecule has 0 bridgehead atoms. The molecule has 1 aromatic carbocycles. The second kappa shape index (κ2) is 4.75. The first kappa shape index (κ1) is 12.3. The largest absolute Gasteiger partial charge is 0.369 e. The van der Waals surface area contributed by atoms with Gasteiger partial charge in [0, 0.05) is 31.9 Å². The molecular weight excluding hydrogens is 244 g/mol. The smallest absolute Gasteiger partial charge is 0.0447 e. The third-order valence-electron chi connectivity index (χ3n) is 4.85. The van der Waals surface area contributed by atoms with Gasteiger partial charge in [-0.15, -0.1) is 12.4 Å². The van der Waals surface area contributed by atoms with Gasteiger partial charge in [-0.25, -0.2) is 0 Å². The van der Waals surface area contributed by atoms with E-state index in [2.05, 4.69) is 28.4 Å². The summed E-state index contributed by atoms with van der Waals surface area (Å²) >= 11 is 0. The van der Waals surface area contributed by atoms with Crippen molar-refractivity contribution in [3.63, 3.8) is 0 Å². The highest BCUT2D eigenvalue weighted by molar-refractivity contribution is 5.85. The first-order valence-electron chi connectivity index (χ1n) is 7.01. The quantitative estimate of drug-likeness (QED) is 0.775. The molecule has 0 spiro atoms. The van der Waals surface area contributed by atoms with Crippen LogP contribution in [0.25, 0.3) is 0 Å². The van der Waals surface area contributed by atoms with Crippen LogP contribution in [0.5, 0.6) is 0 Å². The van der Waals surface area contributed by atoms with Crippen LogP contribution in [-0.4, -0.2) is 19.6 Å². The Hall–Kier alpha value is -0.730. The van der Waals surface area contributed by atoms with Crippen molar-refractivity contribution in [2.24, 2.45) is 5.92 Å². The van der Waals surface area contributed by atoms with Gasteiger partial charge in [0.2, 0.25) is 0 Å². The topological polar surface area (TPSA) is 15.3 Å². The summed E-state index contributed by atoms with van der Waals surface area (Å²) in [7, 11) is 0. The van der Waals surface area contributed by atoms with Gasteiger partial charge in [0.05, 0.1) is 0 Å². The molecule has 2 nitrogen and oxygen atoms in total. The van der Waals surface area contributed by atoms with Crippen molar-refractivity contribution < 1.29 is 0 Å². The molecule has 2 unspecified atom stereocenters. The third-order valence-corrected chi connectivity index (χ3v) is 4.85. The van der Waals surface area contributed by atoms with E-state index in [-0.39, 0.29) is 12.4 Å². The van der Waals surface area contributed by atoms with Gasteiger partial charge in [0.1, 0.15) is 0 Å². The van der Waals surface area contributed by atoms with Gasteiger partial charge >= 0.3 is 0 Å². The molecule has 0 saturated heterocycles. The average Bonchev–Trinajstić information content (AvgIpc) is 2.73. The number of halogens is 1. The van der Waals surface area contributed by atoms with E-state index in [1.807, 2.05) is 0 Å². The summed E-state index contributed by atoms with van der Waals surface area (Å²) in [6.07, 6.45) is 4.30. The lowest BCUT2D eigenvalue weighted by atomic mass is 9.82. The van der Waals surface area contributed by atoms with E-state index in [9.17, 15) is 0 Å². The van der Waals surface area contributed by atoms with Crippen LogP contribution in [-0.2, 0) is 6.54 Å². The van der Waals surface area contributed by atoms with E-state index in [1.54, 1.807) is 11.3 Å². The lowest BCUT2D eigenvalue weighted by Crippen LogP contribution is -2.38. The molecule has 1 aromatic rings. The Labute approximate surface area is 115 Å². The van der Waals surface area contributed by atoms with Crippen LogP contribution in [0.1, 0.15) is 36.3 Å². The predicted octanol–water partition coefficient (Wildman–Crippen LogP) is 2.92. The first-order chi connectivity index (χ1) is 8.43. The summed E-state index contributed by atoms with van der Waals surface area (Å²) in [5.74, 6) is 1.79. The standard InChI is InChI=1S/C15H20N2.ClH/c1-3-11-9-16-7-8-17-10-12-4-2-5-13(12)14(6-1)15(11)17;/h1,3,6,12-13,16H,2,4-5,7-10H2;1H. The molecule has 4 rings (SSSR count). The van der Waals surface area contributed by atoms with E-state index >= 15 is 0 Å². The molecule has 0 aromatic heterocycles. The lowest BCUT2D eigenvalue weighted by molar-refractivity contribution is 0.454. The fourth-order valence-corrected chi connectivity index (χ4v) is 4.12. The molecule has 18 heavy (non-hydrogen) atoms. The van der Waals surface area contributed by atoms with Crippen molar-refractivity contribution >= 4 is 18.1 Å². The molecular formula is C15H21ClN2. The van der Waals surface area contributed by atoms with Crippen LogP contribution >= 0.6 is 12.4 Å². The third kappa shape index (κ3) is 1.74. The zero-order valence-corrected chi connectivity index (χ0v) is 11.5. The summed E-state index contributed by atoms with van der Waals surface area (Å²) in [6.45, 7) is 4.67. The van der Waals surface area contributed by atoms with Crippen molar-refractivity contribution in [3.05, 3.63) is 29.3 Å². The van der Waals surface area contributed by atoms with Crippen molar-refractivity contribution in [1.82, 2.24) is 5.32 Å². The number of benzene rings is 1. The molecule has 1 fully saturated rings. The Morgan fingerprint density at radius 3 is 3.11 bits per heavy atom. The molecule has 0 radical (unpaired) electrons. The van der Waals surface area contributed by atoms with Crippen LogP contribution in [0, 0.1) is 5.92 Å². The average molecular weight is 265 g/mol. The summed E-state index contributed by atoms with van der Waals surface area (Å²) in [4.78, 5) is 2.65. The maximum Gasteiger partial charge on any atom is 0.0447 e. The molecule has 0 amide bonds. The number of fused-ring (bicyclic) bond motifs is 2. The molecule has 1 N–H and O–H groups in total. The maximum absolute atomic E-state index is 3.55. The Bertz CT molecular complexity index is 446. The minimum Gasteiger partial charge on any atom is -0.369 e. The highest BCUT2D eigenvalue weighted by Gasteiger charge is 2.37. The molecule has 1 aliphatic carbocycles. The van der Waals surface area contributed by atoms with Gasteiger partial charge in [-0.2, -0.15) is 0 Å². The normalized spacial score (nSPS) is 29.0. The van der Waals surface area contributed by atoms with E-state index in [0.717, 1.165) is 24.9 Å². The number of nitrogens with zero attached hydrogens (tertiary/aromatic N) is 1. The maximum atomic E-state index is 3.55. The fourth-order valence-electron chi connectivity index (χ4n) is 4.12. The van der Waals surface area contributed by atoms with Crippen molar-refractivity contribution in [2.75, 3.05) is 24.5 Å². The van der Waals surface area contributed by atoms with E-state index < -0.39 is 0 Å². The van der Waals surface area contributed by atoms with Crippen LogP contribution in [0.4, 0.5) is 5.69 Å². The van der Waals surface area contributed by atoms with Gasteiger partial charge in [0.15, 0.2) is 0 Å². The highest BCUT2D eigenvalue weighted by Crippen LogP contribution is 2.48. The second-order valence-electron chi connectivity index (χ2n) is 5.78. The monoisotopic (exact) mass is 264 g/mol. The van der Waals surface area contributed by atoms with Gasteiger partial charge in [0.25, 0.3) is 0 Å². The van der Waals surface area contributed by atoms with E-state index in [0.29, 0.717) is 0 Å². The number of para-hydroxylation sites is 1. The Morgan fingerprint density at radius 1 is 1.22 bits per heavy atom. The first-order valence-corrected chi connectivity index (χ1v) is 7.01. The number of hydrogen-bond donors (Lipinski definition) is 1. The van der Waals surface area contributed by atoms with Crippen LogP contribution in [0.2, 0.25) is 0 Å². The summed E-state index contributed by atoms with van der Waals surface area (Å²) in [5, 5.41) is 3.55. The van der Waals surface area contributed by atoms with Crippen molar-refractivity contribution in [1.29, 1.82) is 0 Å². The zero-order valence-electron chi connectivity index (χ0n) is 10.7. The van der Waals surface area contributed by atoms with Crippen LogP contribution in [0.3, 0.4) is 0 Å². The number of rotatable bonds is 0. The SMILES string of the molecule is Cl.c1cc2c3c(c1)C1CCCC1CN3CCNC2. The fraction of sp³-hybridized carbons (Fsp3) is 0.600. The van der Waals surface area contributed by atoms with Crippen LogP contribution in [0.15, 0.2) is 18.2 Å². The molecule has 3 aliphatic rings. The van der Waals surface area contributed by atoms with Crippen molar-refractivity contribution in [2.45, 2.75) is 31.7 Å². The predicted molar refractivity (Wildman–Crippen MR) is 77.7 cm³/mol. The van der Waals surface area contributed by atoms with E-state index in [4.69, 9.17) is 0 Å². The Kier molecular flexibility index (Phi) is 3.25. The minimum atomic E-state index is 0. The molecule has 1 saturated carbocycles. The number of hydrogen-bond acceptors (Lipinski definition) is 2. The second-order valence-corrected chi connectivity index (χ2v) is 5.78. The van der Waals surface area contributed by atoms with Gasteiger partial charge in [-0.05, 0) is 35.8 Å². The number of nitrogens with one attached hydrogen (secondary N) is 1. The summed E-state index contributed by atoms with van der Waals surface area (Å²) in [5.41, 5.74) is 4.76. The summed E-state index contributed by atoms with van der Waals surface area (Å²) in [6, 6.07) is 6.96. The van der Waals surface area contributed by atoms with Gasteiger partial charge in [-0.3, -0.25) is 0 Å². The summed E-state index contributed by atoms with van der Waals surface area (Å²) < 4.78 is 0. The molecule has 3 heteroatoms. The molecule has 98 valence electrons. The van der Waals surface area contributed by atoms with E-state index in [1.165, 1.54) is 37.9 Å². The van der Waals surface area contributed by atoms with Crippen LogP contribution < -0.4 is 10.2 Å². The van der Waals surface area contributed by atoms with Gasteiger partial charge < -0.3 is 10.2 Å². The Balaban J connectivity index is 0.000001000.